The molecule has 0 fully saturated rings. The maximum absolute atomic E-state index is 11.2. The molecule has 0 rings (SSSR count). The van der Waals surface area contributed by atoms with E-state index in [2.05, 4.69) is 6.58 Å². The molecule has 0 aromatic rings. The molecule has 0 aliphatic rings. The maximum Gasteiger partial charge on any atom is 0.333 e. The molecule has 0 saturated heterocycles. The van der Waals surface area contributed by atoms with Gasteiger partial charge in [-0.25, -0.2) is 4.79 Å². The lowest BCUT2D eigenvalue weighted by Crippen LogP contribution is -2.07. The highest BCUT2D eigenvalue weighted by Gasteiger charge is 2.08. The normalized spacial score (nSPS) is 9.73. The van der Waals surface area contributed by atoms with Crippen LogP contribution in [0.25, 0.3) is 0 Å². The van der Waals surface area contributed by atoms with Gasteiger partial charge in [0.1, 0.15) is 5.78 Å². The van der Waals surface area contributed by atoms with Gasteiger partial charge in [-0.15, -0.1) is 0 Å². The van der Waals surface area contributed by atoms with E-state index in [1.165, 1.54) is 0 Å². The fraction of sp³-hybridized carbons (Fsp3) is 0.667. The molecule has 0 aromatic heterocycles. The number of Topliss-reactive ketones (excluding diaryl/α,β-unsaturated/α-hetero) is 1. The minimum atomic E-state index is -0.347. The lowest BCUT2D eigenvalue weighted by Gasteiger charge is -2.04. The van der Waals surface area contributed by atoms with Gasteiger partial charge in [-0.1, -0.05) is 13.5 Å². The molecule has 86 valence electrons. The molecule has 0 radical (unpaired) electrons. The first-order valence-electron chi connectivity index (χ1n) is 5.48. The van der Waals surface area contributed by atoms with Crippen molar-refractivity contribution in [1.29, 1.82) is 0 Å². The van der Waals surface area contributed by atoms with E-state index < -0.39 is 0 Å². The van der Waals surface area contributed by atoms with Gasteiger partial charge in [-0.3, -0.25) is 4.79 Å². The van der Waals surface area contributed by atoms with Gasteiger partial charge >= 0.3 is 5.97 Å². The van der Waals surface area contributed by atoms with Crippen molar-refractivity contribution in [2.75, 3.05) is 6.61 Å². The number of carbonyl (C=O) groups is 2. The monoisotopic (exact) mass is 212 g/mol. The summed E-state index contributed by atoms with van der Waals surface area (Å²) in [5.74, 6) is -0.0883. The first-order valence-corrected chi connectivity index (χ1v) is 5.48. The number of carbonyl (C=O) groups excluding carboxylic acids is 2. The first kappa shape index (κ1) is 13.9. The van der Waals surface area contributed by atoms with E-state index in [9.17, 15) is 9.59 Å². The Morgan fingerprint density at radius 2 is 1.80 bits per heavy atom. The van der Waals surface area contributed by atoms with Crippen molar-refractivity contribution < 1.29 is 14.3 Å². The molecule has 0 bridgehead atoms. The van der Waals surface area contributed by atoms with Crippen LogP contribution >= 0.6 is 0 Å². The predicted molar refractivity (Wildman–Crippen MR) is 59.5 cm³/mol. The Hall–Kier alpha value is -1.12. The highest BCUT2D eigenvalue weighted by Crippen LogP contribution is 2.08. The molecule has 0 atom stereocenters. The lowest BCUT2D eigenvalue weighted by atomic mass is 10.1. The number of rotatable bonds is 8. The summed E-state index contributed by atoms with van der Waals surface area (Å²) in [5.41, 5.74) is 0.459. The average molecular weight is 212 g/mol. The second kappa shape index (κ2) is 8.21. The summed E-state index contributed by atoms with van der Waals surface area (Å²) in [7, 11) is 0. The van der Waals surface area contributed by atoms with Gasteiger partial charge in [-0.05, 0) is 26.2 Å². The molecular weight excluding hydrogens is 192 g/mol. The Kier molecular flexibility index (Phi) is 7.60. The second-order valence-electron chi connectivity index (χ2n) is 3.47. The zero-order chi connectivity index (χ0) is 11.7. The van der Waals surface area contributed by atoms with Crippen molar-refractivity contribution in [1.82, 2.24) is 0 Å². The van der Waals surface area contributed by atoms with Crippen molar-refractivity contribution in [2.24, 2.45) is 0 Å². The largest absolute Gasteiger partial charge is 0.463 e. The maximum atomic E-state index is 11.2. The molecule has 0 aliphatic carbocycles. The third kappa shape index (κ3) is 6.89. The molecule has 0 heterocycles. The van der Waals surface area contributed by atoms with E-state index in [0.717, 1.165) is 6.42 Å². The van der Waals surface area contributed by atoms with Crippen LogP contribution < -0.4 is 0 Å². The highest BCUT2D eigenvalue weighted by atomic mass is 16.5. The van der Waals surface area contributed by atoms with Crippen LogP contribution in [0.5, 0.6) is 0 Å². The second-order valence-corrected chi connectivity index (χ2v) is 3.47. The SMILES string of the molecule is C=C(CCCC(=O)CCC)C(=O)OCC. The smallest absolute Gasteiger partial charge is 0.333 e. The summed E-state index contributed by atoms with van der Waals surface area (Å²) < 4.78 is 4.79. The van der Waals surface area contributed by atoms with Crippen molar-refractivity contribution in [2.45, 2.75) is 46.0 Å². The van der Waals surface area contributed by atoms with Gasteiger partial charge < -0.3 is 4.74 Å². The first-order chi connectivity index (χ1) is 7.11. The Balaban J connectivity index is 3.63. The Morgan fingerprint density at radius 1 is 1.13 bits per heavy atom. The molecule has 0 saturated carbocycles. The predicted octanol–water partition coefficient (Wildman–Crippen LogP) is 2.65. The Labute approximate surface area is 91.5 Å². The summed E-state index contributed by atoms with van der Waals surface area (Å²) in [6, 6.07) is 0. The van der Waals surface area contributed by atoms with E-state index in [4.69, 9.17) is 4.74 Å². The molecule has 3 heteroatoms. The minimum absolute atomic E-state index is 0.258. The fourth-order valence-electron chi connectivity index (χ4n) is 1.24. The van der Waals surface area contributed by atoms with Crippen molar-refractivity contribution >= 4 is 11.8 Å². The minimum Gasteiger partial charge on any atom is -0.463 e. The van der Waals surface area contributed by atoms with Crippen LogP contribution in [-0.2, 0) is 14.3 Å². The molecule has 0 unspecified atom stereocenters. The van der Waals surface area contributed by atoms with Gasteiger partial charge in [0.25, 0.3) is 0 Å². The molecule has 0 aliphatic heterocycles. The number of esters is 1. The third-order valence-corrected chi connectivity index (χ3v) is 2.03. The average Bonchev–Trinajstić information content (AvgIpc) is 2.18. The van der Waals surface area contributed by atoms with Crippen LogP contribution in [0.4, 0.5) is 0 Å². The van der Waals surface area contributed by atoms with Crippen LogP contribution in [0.3, 0.4) is 0 Å². The van der Waals surface area contributed by atoms with E-state index >= 15 is 0 Å². The van der Waals surface area contributed by atoms with Crippen LogP contribution in [0.1, 0.15) is 46.0 Å². The molecule has 3 nitrogen and oxygen atoms in total. The summed E-state index contributed by atoms with van der Waals surface area (Å²) in [6.45, 7) is 7.74. The van der Waals surface area contributed by atoms with E-state index in [-0.39, 0.29) is 11.8 Å². The van der Waals surface area contributed by atoms with Gasteiger partial charge in [0.05, 0.1) is 6.61 Å². The summed E-state index contributed by atoms with van der Waals surface area (Å²) in [4.78, 5) is 22.3. The van der Waals surface area contributed by atoms with Crippen molar-refractivity contribution in [3.05, 3.63) is 12.2 Å². The topological polar surface area (TPSA) is 43.4 Å². The Bertz CT molecular complexity index is 231. The van der Waals surface area contributed by atoms with Crippen LogP contribution in [0.2, 0.25) is 0 Å². The van der Waals surface area contributed by atoms with Crippen LogP contribution in [-0.4, -0.2) is 18.4 Å². The number of ether oxygens (including phenoxy) is 1. The zero-order valence-electron chi connectivity index (χ0n) is 9.67. The standard InChI is InChI=1S/C12H20O3/c1-4-7-11(13)9-6-8-10(3)12(14)15-5-2/h3-9H2,1-2H3. The van der Waals surface area contributed by atoms with Crippen LogP contribution in [0.15, 0.2) is 12.2 Å². The molecule has 0 amide bonds. The number of ketones is 1. The molecule has 15 heavy (non-hydrogen) atoms. The highest BCUT2D eigenvalue weighted by molar-refractivity contribution is 5.87. The number of hydrogen-bond donors (Lipinski definition) is 0. The number of hydrogen-bond acceptors (Lipinski definition) is 3. The van der Waals surface area contributed by atoms with Gasteiger partial charge in [0.15, 0.2) is 0 Å². The third-order valence-electron chi connectivity index (χ3n) is 2.03. The Morgan fingerprint density at radius 3 is 2.33 bits per heavy atom. The van der Waals surface area contributed by atoms with Gasteiger partial charge in [0.2, 0.25) is 0 Å². The van der Waals surface area contributed by atoms with Gasteiger partial charge in [-0.2, -0.15) is 0 Å². The van der Waals surface area contributed by atoms with Crippen molar-refractivity contribution in [3.63, 3.8) is 0 Å². The molecular formula is C12H20O3. The van der Waals surface area contributed by atoms with Gasteiger partial charge in [0, 0.05) is 18.4 Å². The summed E-state index contributed by atoms with van der Waals surface area (Å²) >= 11 is 0. The summed E-state index contributed by atoms with van der Waals surface area (Å²) in [5, 5.41) is 0. The summed E-state index contributed by atoms with van der Waals surface area (Å²) in [6.07, 6.45) is 3.29. The van der Waals surface area contributed by atoms with E-state index in [1.54, 1.807) is 6.92 Å². The van der Waals surface area contributed by atoms with E-state index in [1.807, 2.05) is 6.92 Å². The zero-order valence-corrected chi connectivity index (χ0v) is 9.67. The fourth-order valence-corrected chi connectivity index (χ4v) is 1.24. The molecule has 0 aromatic carbocycles. The van der Waals surface area contributed by atoms with Crippen LogP contribution in [0, 0.1) is 0 Å². The quantitative estimate of drug-likeness (QED) is 0.459. The van der Waals surface area contributed by atoms with Crippen molar-refractivity contribution in [3.8, 4) is 0 Å². The van der Waals surface area contributed by atoms with E-state index in [0.29, 0.717) is 37.9 Å². The molecule has 0 N–H and O–H groups in total. The molecule has 0 spiro atoms. The lowest BCUT2D eigenvalue weighted by molar-refractivity contribution is -0.138.